The molecule has 4 nitrogen and oxygen atoms in total. The second-order valence-corrected chi connectivity index (χ2v) is 6.14. The van der Waals surface area contributed by atoms with Crippen LogP contribution in [0.15, 0.2) is 67.0 Å². The standard InChI is InChI=1S/C20H13ClN2O2.Na/c21-14-2-4-15(5-3-14)23-19-10-13-9-12(20(24)25)1-6-16(13)18-11-22-8-7-17(18)19;/h1-11,23H,(H,24,25);/q;+1/p-1. The number of nitrogens with one attached hydrogen (secondary N) is 1. The number of carboxylic acids is 1. The molecule has 0 saturated carbocycles. The van der Waals surface area contributed by atoms with Crippen molar-refractivity contribution in [1.29, 1.82) is 0 Å². The van der Waals surface area contributed by atoms with Crippen LogP contribution in [0, 0.1) is 0 Å². The van der Waals surface area contributed by atoms with Crippen molar-refractivity contribution in [2.75, 3.05) is 5.32 Å². The first-order valence-electron chi connectivity index (χ1n) is 7.66. The molecule has 0 fully saturated rings. The topological polar surface area (TPSA) is 65.0 Å². The Morgan fingerprint density at radius 2 is 1.73 bits per heavy atom. The number of carbonyl (C=O) groups excluding carboxylic acids is 1. The molecule has 1 N–H and O–H groups in total. The van der Waals surface area contributed by atoms with E-state index in [2.05, 4.69) is 10.3 Å². The molecule has 0 atom stereocenters. The van der Waals surface area contributed by atoms with Gasteiger partial charge in [0.1, 0.15) is 0 Å². The smallest absolute Gasteiger partial charge is 0.545 e. The third-order valence-corrected chi connectivity index (χ3v) is 4.36. The fourth-order valence-electron chi connectivity index (χ4n) is 2.92. The largest absolute Gasteiger partial charge is 1.00 e. The number of fused-ring (bicyclic) bond motifs is 3. The minimum atomic E-state index is -1.19. The monoisotopic (exact) mass is 370 g/mol. The molecule has 0 bridgehead atoms. The van der Waals surface area contributed by atoms with E-state index in [9.17, 15) is 9.90 Å². The van der Waals surface area contributed by atoms with Crippen molar-refractivity contribution in [3.8, 4) is 0 Å². The van der Waals surface area contributed by atoms with Crippen LogP contribution < -0.4 is 40.0 Å². The van der Waals surface area contributed by atoms with Gasteiger partial charge in [-0.1, -0.05) is 23.7 Å². The molecule has 1 heterocycles. The van der Waals surface area contributed by atoms with E-state index in [0.717, 1.165) is 32.9 Å². The van der Waals surface area contributed by atoms with Crippen molar-refractivity contribution in [2.24, 2.45) is 0 Å². The van der Waals surface area contributed by atoms with Gasteiger partial charge in [0.05, 0.1) is 5.97 Å². The first-order valence-corrected chi connectivity index (χ1v) is 8.04. The summed E-state index contributed by atoms with van der Waals surface area (Å²) >= 11 is 5.94. The Morgan fingerprint density at radius 1 is 0.962 bits per heavy atom. The molecule has 0 radical (unpaired) electrons. The van der Waals surface area contributed by atoms with Gasteiger partial charge in [0, 0.05) is 39.6 Å². The molecule has 0 aliphatic heterocycles. The molecule has 0 aliphatic rings. The maximum absolute atomic E-state index is 11.2. The number of rotatable bonds is 3. The Hall–Kier alpha value is -2.11. The van der Waals surface area contributed by atoms with Crippen molar-refractivity contribution in [1.82, 2.24) is 4.98 Å². The summed E-state index contributed by atoms with van der Waals surface area (Å²) in [5, 5.41) is 18.9. The fourth-order valence-corrected chi connectivity index (χ4v) is 3.05. The Labute approximate surface area is 177 Å². The number of hydrogen-bond acceptors (Lipinski definition) is 4. The first-order chi connectivity index (χ1) is 12.1. The third-order valence-electron chi connectivity index (χ3n) is 4.11. The Kier molecular flexibility index (Phi) is 5.49. The van der Waals surface area contributed by atoms with Crippen molar-refractivity contribution in [3.63, 3.8) is 0 Å². The molecule has 0 unspecified atom stereocenters. The van der Waals surface area contributed by atoms with Crippen LogP contribution in [0.2, 0.25) is 5.02 Å². The van der Waals surface area contributed by atoms with Crippen LogP contribution in [-0.2, 0) is 0 Å². The van der Waals surface area contributed by atoms with Crippen LogP contribution in [0.3, 0.4) is 0 Å². The summed E-state index contributed by atoms with van der Waals surface area (Å²) in [5.41, 5.74) is 1.90. The summed E-state index contributed by atoms with van der Waals surface area (Å²) in [7, 11) is 0. The first kappa shape index (κ1) is 18.7. The molecule has 26 heavy (non-hydrogen) atoms. The molecule has 0 saturated heterocycles. The van der Waals surface area contributed by atoms with Gasteiger partial charge < -0.3 is 15.2 Å². The number of pyridine rings is 1. The number of carboxylic acid groups (broad SMARTS) is 1. The second-order valence-electron chi connectivity index (χ2n) is 5.70. The fraction of sp³-hybridized carbons (Fsp3) is 0. The molecule has 6 heteroatoms. The predicted molar refractivity (Wildman–Crippen MR) is 98.3 cm³/mol. The van der Waals surface area contributed by atoms with Gasteiger partial charge in [-0.3, -0.25) is 4.98 Å². The van der Waals surface area contributed by atoms with Gasteiger partial charge in [0.15, 0.2) is 0 Å². The molecule has 1 aromatic heterocycles. The van der Waals surface area contributed by atoms with Crippen molar-refractivity contribution >= 4 is 50.5 Å². The molecule has 3 aromatic carbocycles. The maximum Gasteiger partial charge on any atom is 1.00 e. The minimum absolute atomic E-state index is 0. The second kappa shape index (κ2) is 7.64. The van der Waals surface area contributed by atoms with Crippen LogP contribution >= 0.6 is 11.6 Å². The van der Waals surface area contributed by atoms with E-state index in [0.29, 0.717) is 5.02 Å². The quantitative estimate of drug-likeness (QED) is 0.434. The molecule has 4 aromatic rings. The van der Waals surface area contributed by atoms with E-state index in [1.165, 1.54) is 0 Å². The Bertz CT molecular complexity index is 1110. The molecule has 0 aliphatic carbocycles. The van der Waals surface area contributed by atoms with Crippen molar-refractivity contribution < 1.29 is 39.5 Å². The summed E-state index contributed by atoms with van der Waals surface area (Å²) in [4.78, 5) is 15.4. The van der Waals surface area contributed by atoms with Gasteiger partial charge in [0.25, 0.3) is 0 Å². The number of nitrogens with zero attached hydrogens (tertiary/aromatic N) is 1. The van der Waals surface area contributed by atoms with Crippen LogP contribution in [0.5, 0.6) is 0 Å². The van der Waals surface area contributed by atoms with E-state index in [4.69, 9.17) is 11.6 Å². The van der Waals surface area contributed by atoms with Crippen LogP contribution in [0.25, 0.3) is 21.5 Å². The van der Waals surface area contributed by atoms with E-state index in [-0.39, 0.29) is 35.1 Å². The van der Waals surface area contributed by atoms with E-state index in [1.807, 2.05) is 36.4 Å². The summed E-state index contributed by atoms with van der Waals surface area (Å²) < 4.78 is 0. The van der Waals surface area contributed by atoms with Gasteiger partial charge in [-0.25, -0.2) is 0 Å². The normalized spacial score (nSPS) is 10.5. The van der Waals surface area contributed by atoms with Crippen LogP contribution in [-0.4, -0.2) is 11.0 Å². The van der Waals surface area contributed by atoms with Crippen molar-refractivity contribution in [2.45, 2.75) is 0 Å². The minimum Gasteiger partial charge on any atom is -0.545 e. The molecule has 4 rings (SSSR count). The molecule has 0 amide bonds. The van der Waals surface area contributed by atoms with Crippen molar-refractivity contribution in [3.05, 3.63) is 77.6 Å². The van der Waals surface area contributed by atoms with Gasteiger partial charge in [0.2, 0.25) is 0 Å². The third kappa shape index (κ3) is 3.55. The number of anilines is 2. The SMILES string of the molecule is O=C([O-])c1ccc2c(c1)cc(Nc1ccc(Cl)cc1)c1ccncc12.[Na+]. The van der Waals surface area contributed by atoms with Gasteiger partial charge in [-0.05, 0) is 58.8 Å². The Balaban J connectivity index is 0.00000196. The predicted octanol–water partition coefficient (Wildman–Crippen LogP) is 1.15. The Morgan fingerprint density at radius 3 is 2.46 bits per heavy atom. The molecular formula is C20H12ClN2NaO2. The number of carbonyl (C=O) groups is 1. The summed E-state index contributed by atoms with van der Waals surface area (Å²) in [5.74, 6) is -1.19. The zero-order valence-electron chi connectivity index (χ0n) is 14.0. The van der Waals surface area contributed by atoms with Crippen LogP contribution in [0.1, 0.15) is 10.4 Å². The summed E-state index contributed by atoms with van der Waals surface area (Å²) in [6, 6.07) is 16.2. The number of aromatic carboxylic acids is 1. The van der Waals surface area contributed by atoms with Crippen LogP contribution in [0.4, 0.5) is 11.4 Å². The number of aromatic nitrogens is 1. The number of halogens is 1. The zero-order chi connectivity index (χ0) is 17.4. The average Bonchev–Trinajstić information content (AvgIpc) is 2.63. The molecular weight excluding hydrogens is 359 g/mol. The average molecular weight is 371 g/mol. The van der Waals surface area contributed by atoms with Gasteiger partial charge in [-0.2, -0.15) is 0 Å². The summed E-state index contributed by atoms with van der Waals surface area (Å²) in [6.07, 6.45) is 3.51. The van der Waals surface area contributed by atoms with Gasteiger partial charge >= 0.3 is 29.6 Å². The molecule has 0 spiro atoms. The number of benzene rings is 3. The maximum atomic E-state index is 11.2. The molecule has 122 valence electrons. The van der Waals surface area contributed by atoms with E-state index in [1.54, 1.807) is 30.6 Å². The van der Waals surface area contributed by atoms with Gasteiger partial charge in [-0.15, -0.1) is 0 Å². The van der Waals surface area contributed by atoms with E-state index < -0.39 is 5.97 Å². The number of hydrogen-bond donors (Lipinski definition) is 1. The zero-order valence-corrected chi connectivity index (χ0v) is 16.7. The summed E-state index contributed by atoms with van der Waals surface area (Å²) in [6.45, 7) is 0. The van der Waals surface area contributed by atoms with E-state index >= 15 is 0 Å².